The van der Waals surface area contributed by atoms with E-state index in [0.29, 0.717) is 11.3 Å². The number of carbonyl (C=O) groups excluding carboxylic acids is 3. The SMILES string of the molecule is CO[C@H]1C[C@H]2C=CC3C(C4[C@H]3[C@H](OC(=O)c3cc(NC(C)=O)c[nH]3)[C@H](C)[C@H]4O)[C@]2(O)/C(C)=C/[C@@H](C)C([C@@H](C)O)OC1=O. The summed E-state index contributed by atoms with van der Waals surface area (Å²) < 4.78 is 17.1. The van der Waals surface area contributed by atoms with E-state index >= 15 is 0 Å². The number of nitrogens with one attached hydrogen (secondary N) is 2. The van der Waals surface area contributed by atoms with Crippen LogP contribution in [0.3, 0.4) is 0 Å². The van der Waals surface area contributed by atoms with E-state index in [0.717, 1.165) is 0 Å². The maximum Gasteiger partial charge on any atom is 0.355 e. The number of amides is 1. The Labute approximate surface area is 245 Å². The van der Waals surface area contributed by atoms with E-state index in [2.05, 4.69) is 10.3 Å². The lowest BCUT2D eigenvalue weighted by atomic mass is 9.46. The molecule has 3 aliphatic carbocycles. The highest BCUT2D eigenvalue weighted by Crippen LogP contribution is 2.66. The number of carbonyl (C=O) groups is 3. The van der Waals surface area contributed by atoms with Gasteiger partial charge in [0.2, 0.25) is 5.91 Å². The van der Waals surface area contributed by atoms with E-state index in [9.17, 15) is 29.7 Å². The number of fused-ring (bicyclic) bond motifs is 6. The average molecular weight is 587 g/mol. The number of aliphatic hydroxyl groups excluding tert-OH is 2. The van der Waals surface area contributed by atoms with Gasteiger partial charge in [-0.1, -0.05) is 32.1 Å². The van der Waals surface area contributed by atoms with Crippen molar-refractivity contribution in [3.05, 3.63) is 41.8 Å². The number of aromatic nitrogens is 1. The standard InChI is InChI=1S/C31H42N2O9/c1-13-9-14(2)31(39)18(10-22(40-6)30(38)41-27(13)16(4)34)7-8-20-23-24(25(20)31)26(36)15(3)28(23)42-29(37)21-11-19(12-32-21)33-17(5)35/h7-9,11-13,15-16,18,20,22-28,32,34,36,39H,10H2,1-6H3,(H,33,35)/b14-9+/t13-,15-,16-,18-,20?,22+,23+,24?,25?,26-,27?,28-,31+/m1/s1. The predicted octanol–water partition coefficient (Wildman–Crippen LogP) is 2.20. The topological polar surface area (TPSA) is 167 Å². The maximum absolute atomic E-state index is 13.1. The Balaban J connectivity index is 1.46. The number of aliphatic hydroxyl groups is 3. The zero-order chi connectivity index (χ0) is 30.7. The van der Waals surface area contributed by atoms with E-state index in [1.54, 1.807) is 6.92 Å². The second kappa shape index (κ2) is 11.3. The molecule has 4 unspecified atom stereocenters. The first-order valence-electron chi connectivity index (χ1n) is 14.7. The Morgan fingerprint density at radius 1 is 1.24 bits per heavy atom. The second-order valence-electron chi connectivity index (χ2n) is 12.6. The number of aromatic amines is 1. The van der Waals surface area contributed by atoms with Crippen molar-refractivity contribution in [1.82, 2.24) is 4.98 Å². The van der Waals surface area contributed by atoms with Crippen molar-refractivity contribution in [1.29, 1.82) is 0 Å². The van der Waals surface area contributed by atoms with E-state index in [4.69, 9.17) is 14.2 Å². The van der Waals surface area contributed by atoms with Crippen LogP contribution in [-0.4, -0.2) is 81.4 Å². The molecule has 11 nitrogen and oxygen atoms in total. The third kappa shape index (κ3) is 4.90. The molecule has 2 heterocycles. The van der Waals surface area contributed by atoms with Crippen molar-refractivity contribution < 1.29 is 43.9 Å². The molecule has 0 aromatic carbocycles. The van der Waals surface area contributed by atoms with Gasteiger partial charge in [0.1, 0.15) is 17.9 Å². The van der Waals surface area contributed by atoms with Crippen LogP contribution < -0.4 is 5.32 Å². The molecule has 2 fully saturated rings. The number of allylic oxidation sites excluding steroid dienone is 1. The quantitative estimate of drug-likeness (QED) is 0.257. The summed E-state index contributed by atoms with van der Waals surface area (Å²) in [6.07, 6.45) is 3.29. The van der Waals surface area contributed by atoms with Crippen LogP contribution in [0.25, 0.3) is 0 Å². The fourth-order valence-electron chi connectivity index (χ4n) is 8.08. The summed E-state index contributed by atoms with van der Waals surface area (Å²) in [4.78, 5) is 40.4. The summed E-state index contributed by atoms with van der Waals surface area (Å²) in [7, 11) is 1.42. The van der Waals surface area contributed by atoms with Gasteiger partial charge in [0, 0.05) is 49.8 Å². The van der Waals surface area contributed by atoms with Gasteiger partial charge in [0.15, 0.2) is 6.10 Å². The highest BCUT2D eigenvalue weighted by atomic mass is 16.6. The van der Waals surface area contributed by atoms with Crippen LogP contribution in [0.2, 0.25) is 0 Å². The highest BCUT2D eigenvalue weighted by molar-refractivity contribution is 5.93. The fourth-order valence-corrected chi connectivity index (χ4v) is 8.08. The predicted molar refractivity (Wildman–Crippen MR) is 151 cm³/mol. The molecule has 0 saturated heterocycles. The van der Waals surface area contributed by atoms with Crippen LogP contribution in [-0.2, 0) is 23.8 Å². The molecule has 0 bridgehead atoms. The Kier molecular flexibility index (Phi) is 8.17. The first kappa shape index (κ1) is 30.5. The zero-order valence-electron chi connectivity index (χ0n) is 24.8. The molecule has 1 aliphatic heterocycles. The summed E-state index contributed by atoms with van der Waals surface area (Å²) in [5, 5.41) is 37.1. The lowest BCUT2D eigenvalue weighted by Crippen LogP contribution is -2.65. The molecule has 5 N–H and O–H groups in total. The lowest BCUT2D eigenvalue weighted by Gasteiger charge is -2.61. The molecular formula is C31H42N2O9. The van der Waals surface area contributed by atoms with Crippen molar-refractivity contribution >= 4 is 23.5 Å². The molecular weight excluding hydrogens is 544 g/mol. The molecule has 1 aromatic rings. The Hall–Kier alpha value is -2.99. The van der Waals surface area contributed by atoms with Gasteiger partial charge in [-0.2, -0.15) is 0 Å². The lowest BCUT2D eigenvalue weighted by molar-refractivity contribution is -0.186. The zero-order valence-corrected chi connectivity index (χ0v) is 24.8. The van der Waals surface area contributed by atoms with Crippen LogP contribution in [0.5, 0.6) is 0 Å². The highest BCUT2D eigenvalue weighted by Gasteiger charge is 2.71. The number of anilines is 1. The van der Waals surface area contributed by atoms with Crippen LogP contribution >= 0.6 is 0 Å². The Morgan fingerprint density at radius 2 is 1.95 bits per heavy atom. The van der Waals surface area contributed by atoms with Crippen molar-refractivity contribution in [3.63, 3.8) is 0 Å². The van der Waals surface area contributed by atoms with Gasteiger partial charge >= 0.3 is 11.9 Å². The number of cyclic esters (lactones) is 1. The van der Waals surface area contributed by atoms with Gasteiger partial charge in [-0.3, -0.25) is 4.79 Å². The van der Waals surface area contributed by atoms with Crippen LogP contribution in [0.1, 0.15) is 51.5 Å². The summed E-state index contributed by atoms with van der Waals surface area (Å²) in [6.45, 7) is 8.45. The number of rotatable bonds is 5. The Morgan fingerprint density at radius 3 is 2.60 bits per heavy atom. The Bertz CT molecular complexity index is 1290. The monoisotopic (exact) mass is 586 g/mol. The molecule has 5 rings (SSSR count). The number of hydrogen-bond acceptors (Lipinski definition) is 9. The molecule has 0 spiro atoms. The van der Waals surface area contributed by atoms with Gasteiger partial charge in [-0.25, -0.2) is 9.59 Å². The minimum absolute atomic E-state index is 0.155. The van der Waals surface area contributed by atoms with E-state index < -0.39 is 65.8 Å². The van der Waals surface area contributed by atoms with Gasteiger partial charge in [-0.15, -0.1) is 0 Å². The van der Waals surface area contributed by atoms with E-state index in [-0.39, 0.29) is 41.7 Å². The maximum atomic E-state index is 13.1. The third-order valence-electron chi connectivity index (χ3n) is 10.1. The second-order valence-corrected chi connectivity index (χ2v) is 12.6. The molecule has 4 aliphatic rings. The molecule has 2 saturated carbocycles. The number of esters is 2. The fraction of sp³-hybridized carbons (Fsp3) is 0.645. The molecule has 1 amide bonds. The van der Waals surface area contributed by atoms with Gasteiger partial charge in [-0.05, 0) is 43.7 Å². The average Bonchev–Trinajstić information content (AvgIpc) is 3.44. The van der Waals surface area contributed by atoms with Crippen LogP contribution in [0, 0.1) is 41.4 Å². The normalized spacial score (nSPS) is 42.9. The summed E-state index contributed by atoms with van der Waals surface area (Å²) in [5.41, 5.74) is -0.113. The smallest absolute Gasteiger partial charge is 0.355 e. The van der Waals surface area contributed by atoms with Crippen LogP contribution in [0.15, 0.2) is 36.1 Å². The van der Waals surface area contributed by atoms with Crippen molar-refractivity contribution in [2.24, 2.45) is 41.4 Å². The third-order valence-corrected chi connectivity index (χ3v) is 10.1. The number of ether oxygens (including phenoxy) is 3. The molecule has 11 heteroatoms. The molecule has 0 radical (unpaired) electrons. The summed E-state index contributed by atoms with van der Waals surface area (Å²) in [5.74, 6) is -3.90. The van der Waals surface area contributed by atoms with Crippen LogP contribution in [0.4, 0.5) is 5.69 Å². The molecule has 230 valence electrons. The minimum atomic E-state index is -1.42. The molecule has 13 atom stereocenters. The van der Waals surface area contributed by atoms with E-state index in [1.165, 1.54) is 26.3 Å². The molecule has 42 heavy (non-hydrogen) atoms. The van der Waals surface area contributed by atoms with Gasteiger partial charge < -0.3 is 39.8 Å². The number of hydrogen-bond donors (Lipinski definition) is 5. The van der Waals surface area contributed by atoms with Crippen molar-refractivity contribution in [2.45, 2.75) is 77.2 Å². The number of H-pyrrole nitrogens is 1. The largest absolute Gasteiger partial charge is 0.457 e. The van der Waals surface area contributed by atoms with Crippen molar-refractivity contribution in [3.8, 4) is 0 Å². The summed E-state index contributed by atoms with van der Waals surface area (Å²) >= 11 is 0. The first-order chi connectivity index (χ1) is 19.8. The van der Waals surface area contributed by atoms with E-state index in [1.807, 2.05) is 39.0 Å². The summed E-state index contributed by atoms with van der Waals surface area (Å²) in [6, 6.07) is 1.50. The minimum Gasteiger partial charge on any atom is -0.457 e. The first-order valence-corrected chi connectivity index (χ1v) is 14.7. The van der Waals surface area contributed by atoms with Crippen molar-refractivity contribution in [2.75, 3.05) is 12.4 Å². The van der Waals surface area contributed by atoms with Gasteiger partial charge in [0.05, 0.1) is 23.5 Å². The molecule has 1 aromatic heterocycles. The van der Waals surface area contributed by atoms with Gasteiger partial charge in [0.25, 0.3) is 0 Å². The number of methoxy groups -OCH3 is 1.